The van der Waals surface area contributed by atoms with Gasteiger partial charge in [0.05, 0.1) is 25.2 Å². The number of carbonyl (C=O) groups is 4. The lowest BCUT2D eigenvalue weighted by molar-refractivity contribution is -0.333. The van der Waals surface area contributed by atoms with Crippen molar-refractivity contribution in [1.82, 2.24) is 0 Å². The SMILES string of the molecule is C/C=C(/C)C(=O)OC1C2(C)CC3(OC(C)=O)C(C)([C@H]2CC(=O)OC)[C@@]24CC[C@]5(C)C(C(=C(O)CC)C(=O)O[C@H]5c5ccoc5)[C@@]2(O4)[C@H](O)[C@]13O. The minimum atomic E-state index is -2.52. The molecule has 1 aromatic heterocycles. The van der Waals surface area contributed by atoms with Gasteiger partial charge in [-0.1, -0.05) is 33.8 Å². The number of allylic oxidation sites excluding steroid dienone is 2. The van der Waals surface area contributed by atoms with E-state index < -0.39 is 92.7 Å². The molecule has 7 rings (SSSR count). The molecule has 1 aromatic rings. The Kier molecular flexibility index (Phi) is 7.26. The summed E-state index contributed by atoms with van der Waals surface area (Å²) in [4.78, 5) is 54.1. The molecule has 272 valence electrons. The fourth-order valence-corrected chi connectivity index (χ4v) is 12.0. The van der Waals surface area contributed by atoms with Crippen LogP contribution in [0.3, 0.4) is 0 Å². The van der Waals surface area contributed by atoms with Crippen LogP contribution in [0.15, 0.2) is 46.0 Å². The zero-order valence-corrected chi connectivity index (χ0v) is 29.7. The number of cyclic esters (lactones) is 1. The molecular formula is C37H46O13. The Balaban J connectivity index is 1.54. The van der Waals surface area contributed by atoms with Crippen molar-refractivity contribution in [3.8, 4) is 0 Å². The molecule has 0 radical (unpaired) electrons. The zero-order valence-electron chi connectivity index (χ0n) is 29.7. The van der Waals surface area contributed by atoms with Crippen LogP contribution in [0.2, 0.25) is 0 Å². The van der Waals surface area contributed by atoms with Crippen LogP contribution in [-0.4, -0.2) is 80.9 Å². The molecule has 4 aliphatic carbocycles. The second-order valence-electron chi connectivity index (χ2n) is 15.8. The number of carbonyl (C=O) groups excluding carboxylic acids is 4. The van der Waals surface area contributed by atoms with Gasteiger partial charge in [-0.2, -0.15) is 0 Å². The number of methoxy groups -OCH3 is 1. The number of rotatable bonds is 7. The van der Waals surface area contributed by atoms with Crippen LogP contribution >= 0.6 is 0 Å². The van der Waals surface area contributed by atoms with E-state index in [0.717, 1.165) is 0 Å². The molecule has 50 heavy (non-hydrogen) atoms. The van der Waals surface area contributed by atoms with E-state index in [0.29, 0.717) is 12.0 Å². The van der Waals surface area contributed by atoms with Gasteiger partial charge in [0.15, 0.2) is 11.2 Å². The van der Waals surface area contributed by atoms with E-state index in [2.05, 4.69) is 0 Å². The Labute approximate surface area is 289 Å². The molecule has 0 aromatic carbocycles. The van der Waals surface area contributed by atoms with Gasteiger partial charge in [-0.25, -0.2) is 9.59 Å². The molecule has 2 aliphatic heterocycles. The van der Waals surface area contributed by atoms with Gasteiger partial charge in [-0.05, 0) is 38.7 Å². The third kappa shape index (κ3) is 3.54. The number of aliphatic hydroxyl groups is 3. The average Bonchev–Trinajstić information content (AvgIpc) is 3.29. The van der Waals surface area contributed by atoms with Gasteiger partial charge in [-0.15, -0.1) is 0 Å². The molecule has 2 saturated heterocycles. The minimum Gasteiger partial charge on any atom is -0.512 e. The number of ether oxygens (including phenoxy) is 5. The Morgan fingerprint density at radius 3 is 2.40 bits per heavy atom. The molecule has 6 aliphatic rings. The molecule has 13 heteroatoms. The zero-order chi connectivity index (χ0) is 36.6. The van der Waals surface area contributed by atoms with Gasteiger partial charge in [0.1, 0.15) is 35.3 Å². The van der Waals surface area contributed by atoms with Crippen LogP contribution in [0.1, 0.15) is 92.2 Å². The molecule has 2 bridgehead atoms. The summed E-state index contributed by atoms with van der Waals surface area (Å²) in [5.41, 5.74) is -10.7. The molecular weight excluding hydrogens is 652 g/mol. The van der Waals surface area contributed by atoms with E-state index in [1.54, 1.807) is 46.8 Å². The molecule has 13 nitrogen and oxygen atoms in total. The van der Waals surface area contributed by atoms with Gasteiger partial charge in [-0.3, -0.25) is 9.59 Å². The lowest BCUT2D eigenvalue weighted by Gasteiger charge is -2.68. The number of furan rings is 1. The minimum absolute atomic E-state index is 0.0530. The first-order valence-corrected chi connectivity index (χ1v) is 17.2. The molecule has 0 spiro atoms. The highest BCUT2D eigenvalue weighted by molar-refractivity contribution is 5.92. The van der Waals surface area contributed by atoms with Crippen molar-refractivity contribution in [1.29, 1.82) is 0 Å². The lowest BCUT2D eigenvalue weighted by atomic mass is 9.36. The summed E-state index contributed by atoms with van der Waals surface area (Å²) in [5.74, 6) is -5.07. The number of aliphatic hydroxyl groups excluding tert-OH is 2. The summed E-state index contributed by atoms with van der Waals surface area (Å²) in [6.45, 7) is 11.5. The Morgan fingerprint density at radius 2 is 1.82 bits per heavy atom. The van der Waals surface area contributed by atoms with Crippen molar-refractivity contribution in [2.75, 3.05) is 7.11 Å². The predicted octanol–water partition coefficient (Wildman–Crippen LogP) is 3.92. The van der Waals surface area contributed by atoms with E-state index in [4.69, 9.17) is 28.1 Å². The van der Waals surface area contributed by atoms with Crippen LogP contribution in [0.5, 0.6) is 0 Å². The third-order valence-electron chi connectivity index (χ3n) is 14.0. The summed E-state index contributed by atoms with van der Waals surface area (Å²) in [6.07, 6.45) is 0.436. The monoisotopic (exact) mass is 698 g/mol. The maximum Gasteiger partial charge on any atom is 0.338 e. The Morgan fingerprint density at radius 1 is 1.12 bits per heavy atom. The van der Waals surface area contributed by atoms with E-state index in [9.17, 15) is 34.5 Å². The maximum absolute atomic E-state index is 14.1. The fraction of sp³-hybridized carbons (Fsp3) is 0.676. The first-order valence-electron chi connectivity index (χ1n) is 17.2. The Hall–Kier alpha value is -3.68. The smallest absolute Gasteiger partial charge is 0.338 e. The standard InChI is InChI=1S/C37H46O13/c1-9-18(3)27(41)48-30-32(6)17-35(49-19(4)38)33(7,22(32)15-23(40)45-8)34-13-12-31(5)25(37(34,50-34)29(43)36(30,35)44)24(21(39)10-2)28(42)47-26(31)20-11-14-46-16-20/h9,11,14,16,22,25-26,29-30,39,43-44H,10,12-13,15,17H2,1-8H3/b18-9-,24-21?/t22-,25?,26-,29+,30?,31+,32?,33?,34-,35?,36-,37+/m0/s1. The summed E-state index contributed by atoms with van der Waals surface area (Å²) in [5, 5.41) is 38.0. The number of esters is 4. The maximum atomic E-state index is 14.1. The van der Waals surface area contributed by atoms with E-state index >= 15 is 0 Å². The van der Waals surface area contributed by atoms with E-state index in [-0.39, 0.29) is 42.6 Å². The van der Waals surface area contributed by atoms with Gasteiger partial charge in [0, 0.05) is 59.5 Å². The fourth-order valence-electron chi connectivity index (χ4n) is 12.0. The highest BCUT2D eigenvalue weighted by atomic mass is 16.7. The van der Waals surface area contributed by atoms with Crippen molar-refractivity contribution < 1.29 is 62.6 Å². The van der Waals surface area contributed by atoms with E-state index in [1.807, 2.05) is 6.92 Å². The Bertz CT molecular complexity index is 1750. The average molecular weight is 699 g/mol. The summed E-state index contributed by atoms with van der Waals surface area (Å²) >= 11 is 0. The molecule has 0 amide bonds. The van der Waals surface area contributed by atoms with Crippen LogP contribution in [0, 0.1) is 28.1 Å². The van der Waals surface area contributed by atoms with Crippen LogP contribution in [0.25, 0.3) is 0 Å². The normalized spacial score (nSPS) is 47.7. The second kappa shape index (κ2) is 10.4. The lowest BCUT2D eigenvalue weighted by Crippen LogP contribution is -2.86. The predicted molar refractivity (Wildman–Crippen MR) is 171 cm³/mol. The summed E-state index contributed by atoms with van der Waals surface area (Å²) in [7, 11) is 1.26. The van der Waals surface area contributed by atoms with Gasteiger partial charge in [0.25, 0.3) is 0 Å². The molecule has 5 unspecified atom stereocenters. The molecule has 3 N–H and O–H groups in total. The highest BCUT2D eigenvalue weighted by Crippen LogP contribution is 2.90. The van der Waals surface area contributed by atoms with Gasteiger partial charge in [0.2, 0.25) is 0 Å². The third-order valence-corrected chi connectivity index (χ3v) is 14.0. The number of hydrogen-bond acceptors (Lipinski definition) is 13. The molecule has 3 heterocycles. The van der Waals surface area contributed by atoms with Crippen molar-refractivity contribution in [3.63, 3.8) is 0 Å². The van der Waals surface area contributed by atoms with Crippen molar-refractivity contribution in [2.24, 2.45) is 28.1 Å². The van der Waals surface area contributed by atoms with Gasteiger partial charge >= 0.3 is 23.9 Å². The topological polar surface area (TPSA) is 192 Å². The van der Waals surface area contributed by atoms with Crippen LogP contribution in [-0.2, 0) is 42.9 Å². The number of hydrogen-bond donors (Lipinski definition) is 3. The highest BCUT2D eigenvalue weighted by Gasteiger charge is 3.04. The summed E-state index contributed by atoms with van der Waals surface area (Å²) in [6, 6.07) is 1.68. The quantitative estimate of drug-likeness (QED) is 0.122. The van der Waals surface area contributed by atoms with Crippen molar-refractivity contribution in [3.05, 3.63) is 47.1 Å². The van der Waals surface area contributed by atoms with Crippen LogP contribution < -0.4 is 0 Å². The number of fused-ring (bicyclic) bond motifs is 2. The number of epoxide rings is 1. The van der Waals surface area contributed by atoms with Gasteiger partial charge < -0.3 is 43.4 Å². The molecule has 4 saturated carbocycles. The first-order chi connectivity index (χ1) is 23.4. The second-order valence-corrected chi connectivity index (χ2v) is 15.8. The van der Waals surface area contributed by atoms with E-state index in [1.165, 1.54) is 26.6 Å². The largest absolute Gasteiger partial charge is 0.512 e. The molecule has 6 fully saturated rings. The van der Waals surface area contributed by atoms with Crippen molar-refractivity contribution in [2.45, 2.75) is 121 Å². The summed E-state index contributed by atoms with van der Waals surface area (Å²) < 4.78 is 36.1. The molecule has 12 atom stereocenters. The first kappa shape index (κ1) is 34.8. The van der Waals surface area contributed by atoms with Crippen molar-refractivity contribution >= 4 is 23.9 Å². The van der Waals surface area contributed by atoms with Crippen LogP contribution in [0.4, 0.5) is 0 Å².